The summed E-state index contributed by atoms with van der Waals surface area (Å²) in [4.78, 5) is 35.8. The molecule has 42 heavy (non-hydrogen) atoms. The summed E-state index contributed by atoms with van der Waals surface area (Å²) in [6, 6.07) is 5.34. The lowest BCUT2D eigenvalue weighted by atomic mass is 9.65. The number of carbonyl (C=O) groups excluding carboxylic acids is 2. The predicted molar refractivity (Wildman–Crippen MR) is 162 cm³/mol. The summed E-state index contributed by atoms with van der Waals surface area (Å²) in [5.41, 5.74) is 1.07. The molecule has 5 unspecified atom stereocenters. The lowest BCUT2D eigenvalue weighted by Gasteiger charge is -2.43. The van der Waals surface area contributed by atoms with Crippen LogP contribution >= 0.6 is 0 Å². The van der Waals surface area contributed by atoms with Crippen molar-refractivity contribution in [3.63, 3.8) is 0 Å². The molecule has 9 nitrogen and oxygen atoms in total. The van der Waals surface area contributed by atoms with E-state index in [4.69, 9.17) is 18.6 Å². The fourth-order valence-electron chi connectivity index (χ4n) is 6.18. The van der Waals surface area contributed by atoms with Crippen molar-refractivity contribution in [1.29, 1.82) is 0 Å². The van der Waals surface area contributed by atoms with Gasteiger partial charge in [0.15, 0.2) is 8.32 Å². The first kappa shape index (κ1) is 31.9. The molecule has 1 aromatic rings. The molecule has 0 bridgehead atoms. The summed E-state index contributed by atoms with van der Waals surface area (Å²) in [7, 11) is -2.02. The molecule has 3 aliphatic rings. The van der Waals surface area contributed by atoms with Gasteiger partial charge in [-0.25, -0.2) is 4.79 Å². The van der Waals surface area contributed by atoms with Crippen LogP contribution in [0, 0.1) is 33.8 Å². The molecule has 1 fully saturated rings. The molecule has 1 heterocycles. The molecule has 0 spiro atoms. The van der Waals surface area contributed by atoms with E-state index >= 15 is 0 Å². The second kappa shape index (κ2) is 12.7. The van der Waals surface area contributed by atoms with E-state index in [9.17, 15) is 19.7 Å². The van der Waals surface area contributed by atoms with E-state index in [2.05, 4.69) is 65.9 Å². The lowest BCUT2D eigenvalue weighted by molar-refractivity contribution is -0.384. The van der Waals surface area contributed by atoms with Gasteiger partial charge >= 0.3 is 12.1 Å². The molecule has 2 aliphatic carbocycles. The molecule has 10 heteroatoms. The van der Waals surface area contributed by atoms with Crippen molar-refractivity contribution in [3.8, 4) is 5.75 Å². The Morgan fingerprint density at radius 3 is 2.45 bits per heavy atom. The monoisotopic (exact) mass is 599 g/mol. The number of ether oxygens (including phenoxy) is 3. The van der Waals surface area contributed by atoms with Crippen molar-refractivity contribution in [1.82, 2.24) is 0 Å². The number of fused-ring (bicyclic) bond motifs is 1. The van der Waals surface area contributed by atoms with Gasteiger partial charge in [-0.15, -0.1) is 0 Å². The van der Waals surface area contributed by atoms with E-state index in [0.717, 1.165) is 12.0 Å². The average Bonchev–Trinajstić information content (AvgIpc) is 2.87. The summed E-state index contributed by atoms with van der Waals surface area (Å²) < 4.78 is 23.7. The standard InChI is InChI=1S/C32H45NO8Si/c1-20-16-22-9-8-21(2)27(15-14-25-18-26(19-29(34)38-25)41-42(6,7)32(3,4)5)30(22)28(17-20)40-31(35)39-24-12-10-23(11-13-24)33(36)37/h8-13,16,20-21,25-28,30H,14-15,17-19H2,1-7H3/t20?,21?,25-,26-,27?,28?,30?/m1/s1. The van der Waals surface area contributed by atoms with Crippen LogP contribution in [-0.2, 0) is 18.7 Å². The lowest BCUT2D eigenvalue weighted by Crippen LogP contribution is -2.47. The topological polar surface area (TPSA) is 114 Å². The van der Waals surface area contributed by atoms with Crippen molar-refractivity contribution in [2.75, 3.05) is 0 Å². The average molecular weight is 600 g/mol. The van der Waals surface area contributed by atoms with Crippen molar-refractivity contribution < 1.29 is 33.1 Å². The minimum absolute atomic E-state index is 0.0100. The molecule has 4 rings (SSSR count). The molecule has 0 N–H and O–H groups in total. The quantitative estimate of drug-likeness (QED) is 0.0979. The van der Waals surface area contributed by atoms with E-state index < -0.39 is 19.4 Å². The van der Waals surface area contributed by atoms with E-state index in [0.29, 0.717) is 25.7 Å². The van der Waals surface area contributed by atoms with Crippen LogP contribution in [0.4, 0.5) is 10.5 Å². The first-order valence-corrected chi connectivity index (χ1v) is 17.9. The van der Waals surface area contributed by atoms with Gasteiger partial charge in [0.2, 0.25) is 0 Å². The maximum absolute atomic E-state index is 12.8. The van der Waals surface area contributed by atoms with Gasteiger partial charge in [-0.1, -0.05) is 52.8 Å². The van der Waals surface area contributed by atoms with Crippen LogP contribution < -0.4 is 4.74 Å². The number of nitrogens with zero attached hydrogens (tertiary/aromatic N) is 1. The molecule has 0 saturated carbocycles. The number of nitro groups is 1. The van der Waals surface area contributed by atoms with Crippen LogP contribution in [0.25, 0.3) is 0 Å². The zero-order chi connectivity index (χ0) is 30.8. The number of non-ortho nitro benzene ring substituents is 1. The molecule has 230 valence electrons. The van der Waals surface area contributed by atoms with Crippen LogP contribution in [0.5, 0.6) is 5.75 Å². The minimum atomic E-state index is -2.02. The molecular formula is C32H45NO8Si. The van der Waals surface area contributed by atoms with Crippen LogP contribution in [0.2, 0.25) is 18.1 Å². The minimum Gasteiger partial charge on any atom is -0.462 e. The first-order valence-electron chi connectivity index (χ1n) is 15.0. The Morgan fingerprint density at radius 2 is 1.81 bits per heavy atom. The van der Waals surface area contributed by atoms with Crippen LogP contribution in [-0.4, -0.2) is 43.7 Å². The molecule has 0 aromatic heterocycles. The third-order valence-electron chi connectivity index (χ3n) is 9.40. The van der Waals surface area contributed by atoms with Crippen molar-refractivity contribution in [3.05, 3.63) is 58.2 Å². The number of carbonyl (C=O) groups is 2. The fraction of sp³-hybridized carbons (Fsp3) is 0.625. The van der Waals surface area contributed by atoms with E-state index in [1.165, 1.54) is 24.3 Å². The number of cyclic esters (lactones) is 1. The first-order chi connectivity index (χ1) is 19.6. The van der Waals surface area contributed by atoms with Crippen LogP contribution in [0.1, 0.15) is 66.7 Å². The summed E-state index contributed by atoms with van der Waals surface area (Å²) >= 11 is 0. The second-order valence-electron chi connectivity index (χ2n) is 13.7. The highest BCUT2D eigenvalue weighted by Gasteiger charge is 2.44. The Bertz CT molecular complexity index is 1220. The van der Waals surface area contributed by atoms with Gasteiger partial charge < -0.3 is 18.6 Å². The van der Waals surface area contributed by atoms with E-state index in [1.54, 1.807) is 0 Å². The Labute approximate surface area is 249 Å². The molecule has 1 aromatic carbocycles. The van der Waals surface area contributed by atoms with Crippen LogP contribution in [0.15, 0.2) is 48.1 Å². The maximum atomic E-state index is 12.8. The molecule has 0 amide bonds. The summed E-state index contributed by atoms with van der Waals surface area (Å²) in [5, 5.41) is 11.0. The molecule has 0 radical (unpaired) electrons. The number of esters is 1. The van der Waals surface area contributed by atoms with Gasteiger partial charge in [0.25, 0.3) is 5.69 Å². The number of hydrogen-bond donors (Lipinski definition) is 0. The largest absolute Gasteiger partial charge is 0.514 e. The zero-order valence-electron chi connectivity index (χ0n) is 25.8. The number of nitro benzene ring substituents is 1. The van der Waals surface area contributed by atoms with Crippen molar-refractivity contribution >= 4 is 26.1 Å². The third kappa shape index (κ3) is 7.69. The molecule has 1 aliphatic heterocycles. The number of benzene rings is 1. The molecule has 7 atom stereocenters. The second-order valence-corrected chi connectivity index (χ2v) is 18.4. The Hall–Kier alpha value is -2.98. The summed E-state index contributed by atoms with van der Waals surface area (Å²) in [6.07, 6.45) is 8.25. The Kier molecular flexibility index (Phi) is 9.67. The van der Waals surface area contributed by atoms with Gasteiger partial charge in [-0.3, -0.25) is 14.9 Å². The third-order valence-corrected chi connectivity index (χ3v) is 13.9. The van der Waals surface area contributed by atoms with Gasteiger partial charge in [0, 0.05) is 24.5 Å². The number of rotatable bonds is 8. The van der Waals surface area contributed by atoms with E-state index in [1.807, 2.05) is 0 Å². The number of allylic oxidation sites excluding steroid dienone is 3. The van der Waals surface area contributed by atoms with Crippen molar-refractivity contribution in [2.24, 2.45) is 23.7 Å². The fourth-order valence-corrected chi connectivity index (χ4v) is 7.55. The maximum Gasteiger partial charge on any atom is 0.514 e. The SMILES string of the molecule is CC1C=C2C=CC(C)C(CC[C@@H]3C[C@@H](O[Si](C)(C)C(C)(C)C)CC(=O)O3)C2C(OC(=O)Oc2ccc([N+](=O)[O-])cc2)C1. The van der Waals surface area contributed by atoms with Gasteiger partial charge in [-0.05, 0) is 72.9 Å². The van der Waals surface area contributed by atoms with Crippen LogP contribution in [0.3, 0.4) is 0 Å². The Morgan fingerprint density at radius 1 is 1.12 bits per heavy atom. The van der Waals surface area contributed by atoms with E-state index in [-0.39, 0.29) is 64.4 Å². The normalized spacial score (nSPS) is 29.6. The summed E-state index contributed by atoms with van der Waals surface area (Å²) in [5.74, 6) is 0.632. The van der Waals surface area contributed by atoms with Gasteiger partial charge in [-0.2, -0.15) is 0 Å². The predicted octanol–water partition coefficient (Wildman–Crippen LogP) is 7.76. The molecular weight excluding hydrogens is 554 g/mol. The highest BCUT2D eigenvalue weighted by molar-refractivity contribution is 6.74. The zero-order valence-corrected chi connectivity index (χ0v) is 26.8. The van der Waals surface area contributed by atoms with Gasteiger partial charge in [0.05, 0.1) is 17.4 Å². The Balaban J connectivity index is 1.43. The molecule has 1 saturated heterocycles. The van der Waals surface area contributed by atoms with Crippen molar-refractivity contribution in [2.45, 2.75) is 103 Å². The number of hydrogen-bond acceptors (Lipinski definition) is 8. The van der Waals surface area contributed by atoms with Gasteiger partial charge in [0.1, 0.15) is 18.0 Å². The summed E-state index contributed by atoms with van der Waals surface area (Å²) in [6.45, 7) is 15.3. The smallest absolute Gasteiger partial charge is 0.462 e. The highest BCUT2D eigenvalue weighted by atomic mass is 28.4. The highest BCUT2D eigenvalue weighted by Crippen LogP contribution is 2.45.